The molecule has 0 aliphatic carbocycles. The summed E-state index contributed by atoms with van der Waals surface area (Å²) in [4.78, 5) is 25.3. The van der Waals surface area contributed by atoms with Crippen LogP contribution < -0.4 is 10.6 Å². The molecule has 0 spiro atoms. The van der Waals surface area contributed by atoms with Crippen LogP contribution in [0.2, 0.25) is 5.02 Å². The van der Waals surface area contributed by atoms with Gasteiger partial charge in [-0.3, -0.25) is 4.79 Å². The van der Waals surface area contributed by atoms with Crippen molar-refractivity contribution >= 4 is 40.9 Å². The lowest BCUT2D eigenvalue weighted by atomic mass is 9.82. The third kappa shape index (κ3) is 6.07. The van der Waals surface area contributed by atoms with Gasteiger partial charge in [0, 0.05) is 16.4 Å². The molecule has 34 heavy (non-hydrogen) atoms. The van der Waals surface area contributed by atoms with Gasteiger partial charge in [0.25, 0.3) is 0 Å². The number of hydrogen-bond donors (Lipinski definition) is 2. The fourth-order valence-corrected chi connectivity index (χ4v) is 4.38. The Balaban J connectivity index is 1.88. The minimum Gasteiger partial charge on any atom is -0.458 e. The number of nitriles is 1. The number of ether oxygens (including phenoxy) is 1. The number of esters is 1. The van der Waals surface area contributed by atoms with Gasteiger partial charge in [-0.15, -0.1) is 0 Å². The molecule has 2 N–H and O–H groups in total. The van der Waals surface area contributed by atoms with Crippen LogP contribution in [-0.2, 0) is 14.3 Å². The zero-order valence-electron chi connectivity index (χ0n) is 18.2. The normalized spacial score (nSPS) is 15.3. The van der Waals surface area contributed by atoms with Crippen molar-refractivity contribution in [2.75, 3.05) is 17.7 Å². The van der Waals surface area contributed by atoms with Gasteiger partial charge in [-0.1, -0.05) is 48.2 Å². The Labute approximate surface area is 206 Å². The second-order valence-corrected chi connectivity index (χ2v) is 8.66. The highest BCUT2D eigenvalue weighted by molar-refractivity contribution is 8.03. The molecule has 0 saturated carbocycles. The smallest absolute Gasteiger partial charge is 0.337 e. The molecule has 1 atom stereocenters. The molecule has 9 heteroatoms. The topological polar surface area (TPSA) is 91.2 Å². The van der Waals surface area contributed by atoms with E-state index in [-0.39, 0.29) is 23.8 Å². The maximum atomic E-state index is 13.1. The predicted molar refractivity (Wildman–Crippen MR) is 131 cm³/mol. The van der Waals surface area contributed by atoms with Crippen LogP contribution in [0.3, 0.4) is 0 Å². The Hall–Kier alpha value is -3.54. The van der Waals surface area contributed by atoms with Crippen LogP contribution in [0.4, 0.5) is 10.1 Å². The minimum atomic E-state index is -0.705. The van der Waals surface area contributed by atoms with Crippen LogP contribution in [0.15, 0.2) is 83.1 Å². The number of dihydropyridines is 1. The molecule has 2 aromatic carbocycles. The molecule has 0 aromatic heterocycles. The summed E-state index contributed by atoms with van der Waals surface area (Å²) in [5, 5.41) is 16.8. The molecule has 0 bridgehead atoms. The monoisotopic (exact) mass is 497 g/mol. The predicted octanol–water partition coefficient (Wildman–Crippen LogP) is 5.28. The molecular weight excluding hydrogens is 477 g/mol. The second kappa shape index (κ2) is 11.5. The zero-order valence-corrected chi connectivity index (χ0v) is 19.8. The summed E-state index contributed by atoms with van der Waals surface area (Å²) in [6, 6.07) is 14.5. The molecule has 0 unspecified atom stereocenters. The number of allylic oxidation sites excluding steroid dienone is 2. The SMILES string of the molecule is C=CCOC(=O)C1=C(C)NC(SCC(=O)Nc2ccc(F)cc2)=C(C#N)[C@@H]1c1ccc(Cl)cc1. The van der Waals surface area contributed by atoms with Gasteiger partial charge >= 0.3 is 5.97 Å². The van der Waals surface area contributed by atoms with E-state index in [4.69, 9.17) is 16.3 Å². The summed E-state index contributed by atoms with van der Waals surface area (Å²) < 4.78 is 18.3. The number of rotatable bonds is 8. The lowest BCUT2D eigenvalue weighted by Crippen LogP contribution is -2.29. The van der Waals surface area contributed by atoms with Crippen LogP contribution in [0.5, 0.6) is 0 Å². The molecule has 174 valence electrons. The highest BCUT2D eigenvalue weighted by Gasteiger charge is 2.35. The molecule has 6 nitrogen and oxygen atoms in total. The number of hydrogen-bond acceptors (Lipinski definition) is 6. The summed E-state index contributed by atoms with van der Waals surface area (Å²) in [5.41, 5.74) is 2.22. The molecule has 0 saturated heterocycles. The second-order valence-electron chi connectivity index (χ2n) is 7.23. The van der Waals surface area contributed by atoms with Crippen molar-refractivity contribution in [3.8, 4) is 6.07 Å². The van der Waals surface area contributed by atoms with Gasteiger partial charge in [0.15, 0.2) is 0 Å². The number of benzene rings is 2. The summed E-state index contributed by atoms with van der Waals surface area (Å²) in [5.74, 6) is -2.02. The van der Waals surface area contributed by atoms with Crippen LogP contribution in [0.1, 0.15) is 18.4 Å². The maximum Gasteiger partial charge on any atom is 0.337 e. The van der Waals surface area contributed by atoms with Gasteiger partial charge in [0.2, 0.25) is 5.91 Å². The number of thioether (sulfide) groups is 1. The standard InChI is InChI=1S/C25H21ClFN3O3S/c1-3-12-33-25(32)22-15(2)29-24(20(13-28)23(22)16-4-6-17(26)7-5-16)34-14-21(31)30-19-10-8-18(27)9-11-19/h3-11,23,29H,1,12,14H2,2H3,(H,30,31)/t23-/m0/s1. The van der Waals surface area contributed by atoms with Gasteiger partial charge in [0.1, 0.15) is 12.4 Å². The van der Waals surface area contributed by atoms with Crippen molar-refractivity contribution in [2.24, 2.45) is 0 Å². The molecule has 0 radical (unpaired) electrons. The zero-order chi connectivity index (χ0) is 24.7. The average Bonchev–Trinajstić information content (AvgIpc) is 2.82. The first-order chi connectivity index (χ1) is 16.3. The lowest BCUT2D eigenvalue weighted by molar-refractivity contribution is -0.138. The number of carbonyl (C=O) groups is 2. The number of nitrogens with zero attached hydrogens (tertiary/aromatic N) is 1. The van der Waals surface area contributed by atoms with Gasteiger partial charge < -0.3 is 15.4 Å². The van der Waals surface area contributed by atoms with E-state index in [9.17, 15) is 19.2 Å². The quantitative estimate of drug-likeness (QED) is 0.381. The van der Waals surface area contributed by atoms with Crippen LogP contribution in [0, 0.1) is 17.1 Å². The number of anilines is 1. The molecule has 0 fully saturated rings. The largest absolute Gasteiger partial charge is 0.458 e. The Morgan fingerprint density at radius 3 is 2.56 bits per heavy atom. The lowest BCUT2D eigenvalue weighted by Gasteiger charge is -2.29. The van der Waals surface area contributed by atoms with E-state index in [1.165, 1.54) is 30.3 Å². The summed E-state index contributed by atoms with van der Waals surface area (Å²) in [6.45, 7) is 5.29. The van der Waals surface area contributed by atoms with E-state index in [0.29, 0.717) is 32.6 Å². The summed E-state index contributed by atoms with van der Waals surface area (Å²) >= 11 is 7.16. The Bertz CT molecular complexity index is 1200. The molecule has 1 amide bonds. The van der Waals surface area contributed by atoms with Crippen LogP contribution >= 0.6 is 23.4 Å². The van der Waals surface area contributed by atoms with E-state index in [2.05, 4.69) is 23.3 Å². The molecule has 3 rings (SSSR count). The van der Waals surface area contributed by atoms with Crippen molar-refractivity contribution in [1.82, 2.24) is 5.32 Å². The van der Waals surface area contributed by atoms with E-state index < -0.39 is 17.7 Å². The number of nitrogens with one attached hydrogen (secondary N) is 2. The van der Waals surface area contributed by atoms with Gasteiger partial charge in [-0.2, -0.15) is 5.26 Å². The third-order valence-electron chi connectivity index (χ3n) is 4.88. The molecule has 1 aliphatic rings. The first-order valence-corrected chi connectivity index (χ1v) is 11.5. The third-order valence-corrected chi connectivity index (χ3v) is 6.15. The van der Waals surface area contributed by atoms with E-state index in [0.717, 1.165) is 11.8 Å². The van der Waals surface area contributed by atoms with Crippen LogP contribution in [0.25, 0.3) is 0 Å². The maximum absolute atomic E-state index is 13.1. The minimum absolute atomic E-state index is 0.0122. The number of carbonyl (C=O) groups excluding carboxylic acids is 2. The number of amides is 1. The van der Waals surface area contributed by atoms with Crippen molar-refractivity contribution in [2.45, 2.75) is 12.8 Å². The molecule has 1 aliphatic heterocycles. The highest BCUT2D eigenvalue weighted by Crippen LogP contribution is 2.41. The Morgan fingerprint density at radius 2 is 1.94 bits per heavy atom. The molecule has 2 aromatic rings. The Morgan fingerprint density at radius 1 is 1.26 bits per heavy atom. The number of halogens is 2. The van der Waals surface area contributed by atoms with Crippen molar-refractivity contribution < 1.29 is 18.7 Å². The Kier molecular flexibility index (Phi) is 8.52. The van der Waals surface area contributed by atoms with Crippen LogP contribution in [-0.4, -0.2) is 24.2 Å². The van der Waals surface area contributed by atoms with E-state index >= 15 is 0 Å². The van der Waals surface area contributed by atoms with Gasteiger partial charge in [-0.25, -0.2) is 9.18 Å². The van der Waals surface area contributed by atoms with Crippen molar-refractivity contribution in [3.05, 3.63) is 99.5 Å². The van der Waals surface area contributed by atoms with E-state index in [1.807, 2.05) is 0 Å². The summed E-state index contributed by atoms with van der Waals surface area (Å²) in [6.07, 6.45) is 1.46. The van der Waals surface area contributed by atoms with Gasteiger partial charge in [-0.05, 0) is 48.9 Å². The molecule has 1 heterocycles. The first-order valence-electron chi connectivity index (χ1n) is 10.2. The highest BCUT2D eigenvalue weighted by atomic mass is 35.5. The average molecular weight is 498 g/mol. The summed E-state index contributed by atoms with van der Waals surface area (Å²) in [7, 11) is 0. The van der Waals surface area contributed by atoms with E-state index in [1.54, 1.807) is 31.2 Å². The molecular formula is C25H21ClFN3O3S. The fourth-order valence-electron chi connectivity index (χ4n) is 3.37. The van der Waals surface area contributed by atoms with Crippen molar-refractivity contribution in [3.63, 3.8) is 0 Å². The fraction of sp³-hybridized carbons (Fsp3) is 0.160. The van der Waals surface area contributed by atoms with Crippen molar-refractivity contribution in [1.29, 1.82) is 5.26 Å². The first kappa shape index (κ1) is 25.1. The van der Waals surface area contributed by atoms with Gasteiger partial charge in [0.05, 0.1) is 33.9 Å².